The van der Waals surface area contributed by atoms with Crippen LogP contribution in [-0.4, -0.2) is 42.8 Å². The molecule has 8 heteroatoms. The van der Waals surface area contributed by atoms with Crippen LogP contribution in [0.5, 0.6) is 0 Å². The monoisotopic (exact) mass is 379 g/mol. The van der Waals surface area contributed by atoms with Gasteiger partial charge in [-0.15, -0.1) is 0 Å². The lowest BCUT2D eigenvalue weighted by Crippen LogP contribution is -2.30. The third kappa shape index (κ3) is 2.74. The number of hydrogen-bond acceptors (Lipinski definition) is 4. The maximum atomic E-state index is 14.9. The van der Waals surface area contributed by atoms with Gasteiger partial charge in [-0.05, 0) is 18.6 Å². The van der Waals surface area contributed by atoms with E-state index in [2.05, 4.69) is 0 Å². The van der Waals surface area contributed by atoms with E-state index >= 15 is 0 Å². The topological polar surface area (TPSA) is 68.3 Å². The fourth-order valence-electron chi connectivity index (χ4n) is 4.11. The molecule has 4 rings (SSSR count). The number of benzene rings is 1. The molecule has 1 saturated carbocycles. The number of aromatic nitrogens is 1. The number of aldehydes is 1. The molecule has 27 heavy (non-hydrogen) atoms. The van der Waals surface area contributed by atoms with Crippen molar-refractivity contribution in [2.45, 2.75) is 31.6 Å². The second kappa shape index (κ2) is 6.37. The van der Waals surface area contributed by atoms with Crippen LogP contribution >= 0.6 is 0 Å². The summed E-state index contributed by atoms with van der Waals surface area (Å²) in [6, 6.07) is 0.193. The van der Waals surface area contributed by atoms with Gasteiger partial charge < -0.3 is 15.2 Å². The van der Waals surface area contributed by atoms with Crippen LogP contribution in [0.1, 0.15) is 28.4 Å². The zero-order valence-corrected chi connectivity index (χ0v) is 14.8. The number of fused-ring (bicyclic) bond motifs is 1. The number of anilines is 1. The maximum absolute atomic E-state index is 14.9. The molecule has 2 aliphatic rings. The first-order chi connectivity index (χ1) is 12.9. The number of hydrogen-bond donors (Lipinski definition) is 1. The van der Waals surface area contributed by atoms with Crippen molar-refractivity contribution in [2.75, 3.05) is 24.7 Å². The minimum Gasteiger partial charge on any atom is -0.367 e. The van der Waals surface area contributed by atoms with E-state index in [9.17, 15) is 22.8 Å². The highest BCUT2D eigenvalue weighted by Gasteiger charge is 2.40. The molecule has 2 fully saturated rings. The summed E-state index contributed by atoms with van der Waals surface area (Å²) in [5.41, 5.74) is 6.35. The van der Waals surface area contributed by atoms with Crippen LogP contribution in [0.25, 0.3) is 10.9 Å². The van der Waals surface area contributed by atoms with Gasteiger partial charge in [0, 0.05) is 43.1 Å². The lowest BCUT2D eigenvalue weighted by molar-refractivity contribution is 0.112. The quantitative estimate of drug-likeness (QED) is 0.828. The van der Waals surface area contributed by atoms with Crippen molar-refractivity contribution < 1.29 is 18.0 Å². The maximum Gasteiger partial charge on any atom is 0.200 e. The van der Waals surface area contributed by atoms with Crippen molar-refractivity contribution in [3.8, 4) is 0 Å². The second-order valence-corrected chi connectivity index (χ2v) is 7.47. The molecular weight excluding hydrogens is 359 g/mol. The summed E-state index contributed by atoms with van der Waals surface area (Å²) in [5, 5.41) is 0.0444. The van der Waals surface area contributed by atoms with E-state index in [1.165, 1.54) is 6.20 Å². The number of rotatable bonds is 4. The van der Waals surface area contributed by atoms with Crippen molar-refractivity contribution in [2.24, 2.45) is 11.7 Å². The molecule has 4 unspecified atom stereocenters. The first-order valence-corrected chi connectivity index (χ1v) is 8.91. The molecular formula is C19H20F3N3O2. The van der Waals surface area contributed by atoms with Gasteiger partial charge in [0.25, 0.3) is 0 Å². The van der Waals surface area contributed by atoms with Gasteiger partial charge in [-0.25, -0.2) is 8.78 Å². The van der Waals surface area contributed by atoms with Crippen LogP contribution in [-0.2, 0) is 0 Å². The molecule has 0 spiro atoms. The van der Waals surface area contributed by atoms with Gasteiger partial charge in [0.1, 0.15) is 12.0 Å². The van der Waals surface area contributed by atoms with E-state index in [4.69, 9.17) is 5.73 Å². The zero-order valence-electron chi connectivity index (χ0n) is 14.8. The molecule has 1 saturated heterocycles. The molecule has 2 heterocycles. The van der Waals surface area contributed by atoms with Crippen LogP contribution in [0.15, 0.2) is 17.1 Å². The Hall–Kier alpha value is -2.35. The molecule has 0 amide bonds. The number of nitrogens with two attached hydrogens (primary N) is 1. The van der Waals surface area contributed by atoms with Gasteiger partial charge in [0.2, 0.25) is 0 Å². The lowest BCUT2D eigenvalue weighted by atomic mass is 10.0. The van der Waals surface area contributed by atoms with E-state index < -0.39 is 42.1 Å². The zero-order chi connectivity index (χ0) is 19.5. The molecule has 1 aliphatic heterocycles. The highest BCUT2D eigenvalue weighted by atomic mass is 19.1. The molecule has 4 atom stereocenters. The van der Waals surface area contributed by atoms with Gasteiger partial charge in [-0.3, -0.25) is 14.0 Å². The molecule has 2 N–H and O–H groups in total. The number of alkyl halides is 2. The van der Waals surface area contributed by atoms with Crippen molar-refractivity contribution in [3.63, 3.8) is 0 Å². The first kappa shape index (κ1) is 18.0. The fourth-order valence-corrected chi connectivity index (χ4v) is 4.11. The van der Waals surface area contributed by atoms with E-state index in [0.29, 0.717) is 23.9 Å². The Kier molecular flexibility index (Phi) is 4.25. The number of carbonyl (C=O) groups excluding carboxylic acids is 1. The molecule has 1 aromatic carbocycles. The summed E-state index contributed by atoms with van der Waals surface area (Å²) in [6.45, 7) is 1.63. The normalized spacial score (nSPS) is 27.4. The molecule has 0 radical (unpaired) electrons. The standard InChI is InChI=1S/C19H20F3N3O2/c1-9-17-12(19(27)11(8-26)6-25(17)16-3-13(16)21)2-14(22)18(9)24-5-10(4-20)15(23)7-24/h2,6,8,10,13,15-16H,3-5,7,23H2,1H3. The summed E-state index contributed by atoms with van der Waals surface area (Å²) >= 11 is 0. The molecule has 2 aromatic rings. The number of nitrogens with zero attached hydrogens (tertiary/aromatic N) is 2. The highest BCUT2D eigenvalue weighted by molar-refractivity contribution is 5.91. The SMILES string of the molecule is Cc1c(N2CC(N)C(CF)C2)c(F)cc2c(=O)c(C=O)cn(C3CC3F)c12. The largest absolute Gasteiger partial charge is 0.367 e. The van der Waals surface area contributed by atoms with Gasteiger partial charge >= 0.3 is 0 Å². The number of aryl methyl sites for hydroxylation is 1. The van der Waals surface area contributed by atoms with Crippen molar-refractivity contribution in [3.05, 3.63) is 39.4 Å². The Labute approximate surface area is 153 Å². The Bertz CT molecular complexity index is 991. The van der Waals surface area contributed by atoms with Gasteiger partial charge in [-0.2, -0.15) is 0 Å². The number of pyridine rings is 1. The molecule has 144 valence electrons. The van der Waals surface area contributed by atoms with Gasteiger partial charge in [0.15, 0.2) is 11.7 Å². The van der Waals surface area contributed by atoms with E-state index in [1.54, 1.807) is 16.4 Å². The molecule has 1 aliphatic carbocycles. The molecule has 5 nitrogen and oxygen atoms in total. The number of carbonyl (C=O) groups is 1. The second-order valence-electron chi connectivity index (χ2n) is 7.47. The van der Waals surface area contributed by atoms with Gasteiger partial charge in [-0.1, -0.05) is 0 Å². The number of halogens is 3. The van der Waals surface area contributed by atoms with Crippen molar-refractivity contribution in [1.82, 2.24) is 4.57 Å². The van der Waals surface area contributed by atoms with Crippen LogP contribution in [0.2, 0.25) is 0 Å². The third-order valence-electron chi connectivity index (χ3n) is 5.68. The predicted octanol–water partition coefficient (Wildman–Crippen LogP) is 2.28. The third-order valence-corrected chi connectivity index (χ3v) is 5.68. The van der Waals surface area contributed by atoms with Crippen LogP contribution < -0.4 is 16.1 Å². The molecule has 1 aromatic heterocycles. The van der Waals surface area contributed by atoms with Gasteiger partial charge in [0.05, 0.1) is 29.5 Å². The summed E-state index contributed by atoms with van der Waals surface area (Å²) < 4.78 is 43.4. The summed E-state index contributed by atoms with van der Waals surface area (Å²) in [7, 11) is 0. The van der Waals surface area contributed by atoms with Crippen LogP contribution in [0.3, 0.4) is 0 Å². The highest BCUT2D eigenvalue weighted by Crippen LogP contribution is 2.42. The smallest absolute Gasteiger partial charge is 0.200 e. The summed E-state index contributed by atoms with van der Waals surface area (Å²) in [6.07, 6.45) is 0.956. The Morgan fingerprint density at radius 1 is 1.37 bits per heavy atom. The summed E-state index contributed by atoms with van der Waals surface area (Å²) in [5.74, 6) is -1.02. The Morgan fingerprint density at radius 3 is 2.63 bits per heavy atom. The van der Waals surface area contributed by atoms with Crippen molar-refractivity contribution >= 4 is 22.9 Å². The summed E-state index contributed by atoms with van der Waals surface area (Å²) in [4.78, 5) is 25.5. The average molecular weight is 379 g/mol. The Morgan fingerprint density at radius 2 is 2.07 bits per heavy atom. The first-order valence-electron chi connectivity index (χ1n) is 8.91. The lowest BCUT2D eigenvalue weighted by Gasteiger charge is -2.24. The van der Waals surface area contributed by atoms with Crippen LogP contribution in [0.4, 0.5) is 18.9 Å². The predicted molar refractivity (Wildman–Crippen MR) is 96.5 cm³/mol. The minimum absolute atomic E-state index is 0.0444. The van der Waals surface area contributed by atoms with E-state index in [1.807, 2.05) is 0 Å². The fraction of sp³-hybridized carbons (Fsp3) is 0.474. The average Bonchev–Trinajstić information content (AvgIpc) is 3.24. The Balaban J connectivity index is 1.95. The van der Waals surface area contributed by atoms with E-state index in [0.717, 1.165) is 6.07 Å². The van der Waals surface area contributed by atoms with Crippen molar-refractivity contribution in [1.29, 1.82) is 0 Å². The van der Waals surface area contributed by atoms with Crippen LogP contribution in [0, 0.1) is 18.7 Å². The minimum atomic E-state index is -1.07. The molecule has 0 bridgehead atoms. The van der Waals surface area contributed by atoms with E-state index in [-0.39, 0.29) is 29.6 Å².